The lowest BCUT2D eigenvalue weighted by Crippen LogP contribution is -2.34. The van der Waals surface area contributed by atoms with E-state index in [4.69, 9.17) is 4.74 Å². The van der Waals surface area contributed by atoms with Gasteiger partial charge in [-0.1, -0.05) is 12.1 Å². The second-order valence-electron chi connectivity index (χ2n) is 4.60. The lowest BCUT2D eigenvalue weighted by Gasteiger charge is -2.17. The number of hydrogen-bond donors (Lipinski definition) is 2. The monoisotopic (exact) mass is 291 g/mol. The predicted molar refractivity (Wildman–Crippen MR) is 70.4 cm³/mol. The first kappa shape index (κ1) is 16.9. The van der Waals surface area contributed by atoms with Crippen molar-refractivity contribution in [3.05, 3.63) is 35.4 Å². The summed E-state index contributed by atoms with van der Waals surface area (Å²) in [6.45, 7) is 5.21. The third kappa shape index (κ3) is 5.48. The Balaban J connectivity index is 2.49. The molecule has 0 amide bonds. The molecule has 0 saturated heterocycles. The van der Waals surface area contributed by atoms with Gasteiger partial charge in [0.2, 0.25) is 0 Å². The molecule has 0 aliphatic carbocycles. The van der Waals surface area contributed by atoms with Crippen LogP contribution in [0.5, 0.6) is 0 Å². The summed E-state index contributed by atoms with van der Waals surface area (Å²) < 4.78 is 42.4. The van der Waals surface area contributed by atoms with E-state index in [1.807, 2.05) is 13.8 Å². The molecule has 2 unspecified atom stereocenters. The molecule has 0 saturated carbocycles. The van der Waals surface area contributed by atoms with E-state index in [9.17, 15) is 18.3 Å². The van der Waals surface area contributed by atoms with Crippen LogP contribution >= 0.6 is 0 Å². The normalized spacial score (nSPS) is 15.1. The molecule has 1 aromatic rings. The Morgan fingerprint density at radius 3 is 2.35 bits per heavy atom. The van der Waals surface area contributed by atoms with Gasteiger partial charge in [-0.15, -0.1) is 0 Å². The highest BCUT2D eigenvalue weighted by molar-refractivity contribution is 5.26. The first-order valence-electron chi connectivity index (χ1n) is 6.51. The summed E-state index contributed by atoms with van der Waals surface area (Å²) in [6.07, 6.45) is -5.20. The van der Waals surface area contributed by atoms with E-state index in [0.29, 0.717) is 18.8 Å². The topological polar surface area (TPSA) is 41.5 Å². The molecule has 3 nitrogen and oxygen atoms in total. The number of ether oxygens (including phenoxy) is 1. The van der Waals surface area contributed by atoms with E-state index < -0.39 is 17.8 Å². The smallest absolute Gasteiger partial charge is 0.387 e. The lowest BCUT2D eigenvalue weighted by molar-refractivity contribution is -0.137. The fourth-order valence-corrected chi connectivity index (χ4v) is 1.68. The summed E-state index contributed by atoms with van der Waals surface area (Å²) in [6, 6.07) is 4.61. The van der Waals surface area contributed by atoms with Crippen LogP contribution in [0.2, 0.25) is 0 Å². The van der Waals surface area contributed by atoms with Gasteiger partial charge in [0.05, 0.1) is 18.3 Å². The highest BCUT2D eigenvalue weighted by Gasteiger charge is 2.30. The number of alkyl halides is 3. The Kier molecular flexibility index (Phi) is 6.45. The van der Waals surface area contributed by atoms with Crippen LogP contribution in [0.4, 0.5) is 13.2 Å². The van der Waals surface area contributed by atoms with E-state index in [1.54, 1.807) is 0 Å². The van der Waals surface area contributed by atoms with Gasteiger partial charge >= 0.3 is 6.18 Å². The van der Waals surface area contributed by atoms with Crippen LogP contribution in [0, 0.1) is 0 Å². The van der Waals surface area contributed by atoms with Crippen LogP contribution in [0.3, 0.4) is 0 Å². The lowest BCUT2D eigenvalue weighted by atomic mass is 10.1. The molecular weight excluding hydrogens is 271 g/mol. The van der Waals surface area contributed by atoms with Crippen molar-refractivity contribution in [3.63, 3.8) is 0 Å². The third-order valence-electron chi connectivity index (χ3n) is 2.85. The quantitative estimate of drug-likeness (QED) is 0.811. The second-order valence-corrected chi connectivity index (χ2v) is 4.60. The largest absolute Gasteiger partial charge is 0.416 e. The zero-order chi connectivity index (χ0) is 15.2. The molecule has 114 valence electrons. The zero-order valence-electron chi connectivity index (χ0n) is 11.6. The Morgan fingerprint density at radius 1 is 1.25 bits per heavy atom. The van der Waals surface area contributed by atoms with E-state index in [2.05, 4.69) is 5.32 Å². The zero-order valence-corrected chi connectivity index (χ0v) is 11.6. The molecule has 0 aliphatic heterocycles. The van der Waals surface area contributed by atoms with Crippen LogP contribution in [0.15, 0.2) is 24.3 Å². The summed E-state index contributed by atoms with van der Waals surface area (Å²) >= 11 is 0. The van der Waals surface area contributed by atoms with Gasteiger partial charge in [0, 0.05) is 19.2 Å². The predicted octanol–water partition coefficient (Wildman–Crippen LogP) is 2.75. The highest BCUT2D eigenvalue weighted by Crippen LogP contribution is 2.29. The minimum Gasteiger partial charge on any atom is -0.387 e. The minimum atomic E-state index is -4.35. The summed E-state index contributed by atoms with van der Waals surface area (Å²) in [5.41, 5.74) is -0.264. The fraction of sp³-hybridized carbons (Fsp3) is 0.571. The van der Waals surface area contributed by atoms with Gasteiger partial charge in [0.1, 0.15) is 0 Å². The number of benzene rings is 1. The second kappa shape index (κ2) is 7.61. The summed E-state index contributed by atoms with van der Waals surface area (Å²) in [5, 5.41) is 13.0. The standard InChI is InChI=1S/C14H20F3NO2/c1-3-20-9-10(2)18-8-13(19)11-4-6-12(7-5-11)14(15,16)17/h4-7,10,13,18-19H,3,8-9H2,1-2H3. The van der Waals surface area contributed by atoms with E-state index in [0.717, 1.165) is 12.1 Å². The summed E-state index contributed by atoms with van der Waals surface area (Å²) in [4.78, 5) is 0. The number of aliphatic hydroxyl groups is 1. The van der Waals surface area contributed by atoms with Crippen LogP contribution in [-0.2, 0) is 10.9 Å². The van der Waals surface area contributed by atoms with Crippen molar-refractivity contribution in [2.45, 2.75) is 32.2 Å². The van der Waals surface area contributed by atoms with Gasteiger partial charge in [0.15, 0.2) is 0 Å². The Bertz CT molecular complexity index is 392. The first-order valence-corrected chi connectivity index (χ1v) is 6.51. The van der Waals surface area contributed by atoms with Gasteiger partial charge in [-0.25, -0.2) is 0 Å². The molecule has 20 heavy (non-hydrogen) atoms. The average molecular weight is 291 g/mol. The summed E-state index contributed by atoms with van der Waals surface area (Å²) in [5.74, 6) is 0. The highest BCUT2D eigenvalue weighted by atomic mass is 19.4. The molecule has 0 fully saturated rings. The van der Waals surface area contributed by atoms with Crippen LogP contribution in [0.25, 0.3) is 0 Å². The Hall–Kier alpha value is -1.11. The maximum Gasteiger partial charge on any atom is 0.416 e. The number of aliphatic hydroxyl groups excluding tert-OH is 1. The van der Waals surface area contributed by atoms with Crippen molar-refractivity contribution in [1.29, 1.82) is 0 Å². The van der Waals surface area contributed by atoms with Crippen LogP contribution in [0.1, 0.15) is 31.1 Å². The Labute approximate surface area is 116 Å². The van der Waals surface area contributed by atoms with Crippen molar-refractivity contribution in [1.82, 2.24) is 5.32 Å². The molecule has 0 heterocycles. The number of nitrogens with one attached hydrogen (secondary N) is 1. The molecule has 1 aromatic carbocycles. The third-order valence-corrected chi connectivity index (χ3v) is 2.85. The summed E-state index contributed by atoms with van der Waals surface area (Å²) in [7, 11) is 0. The first-order chi connectivity index (χ1) is 9.34. The van der Waals surface area contributed by atoms with E-state index in [1.165, 1.54) is 12.1 Å². The Morgan fingerprint density at radius 2 is 1.85 bits per heavy atom. The van der Waals surface area contributed by atoms with Crippen molar-refractivity contribution in [2.24, 2.45) is 0 Å². The molecule has 0 aromatic heterocycles. The van der Waals surface area contributed by atoms with Gasteiger partial charge in [0.25, 0.3) is 0 Å². The molecule has 6 heteroatoms. The van der Waals surface area contributed by atoms with Gasteiger partial charge in [-0.2, -0.15) is 13.2 Å². The fourth-order valence-electron chi connectivity index (χ4n) is 1.68. The SMILES string of the molecule is CCOCC(C)NCC(O)c1ccc(C(F)(F)F)cc1. The van der Waals surface area contributed by atoms with Crippen molar-refractivity contribution < 1.29 is 23.0 Å². The van der Waals surface area contributed by atoms with Crippen LogP contribution < -0.4 is 5.32 Å². The molecule has 0 radical (unpaired) electrons. The van der Waals surface area contributed by atoms with Crippen LogP contribution in [-0.4, -0.2) is 30.9 Å². The molecule has 2 N–H and O–H groups in total. The molecule has 1 rings (SSSR count). The molecule has 0 bridgehead atoms. The van der Waals surface area contributed by atoms with E-state index >= 15 is 0 Å². The van der Waals surface area contributed by atoms with Crippen molar-refractivity contribution in [3.8, 4) is 0 Å². The van der Waals surface area contributed by atoms with E-state index in [-0.39, 0.29) is 12.6 Å². The number of halogens is 3. The molecule has 0 aliphatic rings. The van der Waals surface area contributed by atoms with Crippen molar-refractivity contribution in [2.75, 3.05) is 19.8 Å². The van der Waals surface area contributed by atoms with Gasteiger partial charge < -0.3 is 15.2 Å². The van der Waals surface area contributed by atoms with Gasteiger partial charge in [-0.05, 0) is 31.5 Å². The molecular formula is C14H20F3NO2. The average Bonchev–Trinajstić information content (AvgIpc) is 2.41. The maximum atomic E-state index is 12.4. The molecule has 0 spiro atoms. The van der Waals surface area contributed by atoms with Crippen molar-refractivity contribution >= 4 is 0 Å². The minimum absolute atomic E-state index is 0.0686. The maximum absolute atomic E-state index is 12.4. The molecule has 2 atom stereocenters. The van der Waals surface area contributed by atoms with Gasteiger partial charge in [-0.3, -0.25) is 0 Å². The number of hydrogen-bond acceptors (Lipinski definition) is 3. The number of rotatable bonds is 7.